The molecule has 1 aromatic heterocycles. The SMILES string of the molecule is NS(=O)(=O)c1cc2c(s1)S(=O)(=O)C(CC(O)(O)O)CC2NC(O)(O)C(O)(O)O. The number of sulfone groups is 1. The summed E-state index contributed by atoms with van der Waals surface area (Å²) in [7, 11) is -8.84. The number of sulfonamides is 1. The van der Waals surface area contributed by atoms with Crippen LogP contribution in [0.15, 0.2) is 14.5 Å². The van der Waals surface area contributed by atoms with Crippen molar-refractivity contribution in [2.75, 3.05) is 0 Å². The van der Waals surface area contributed by atoms with Gasteiger partial charge in [0.05, 0.1) is 5.25 Å². The summed E-state index contributed by atoms with van der Waals surface area (Å²) in [4.78, 5) is 0. The summed E-state index contributed by atoms with van der Waals surface area (Å²) < 4.78 is 47.2. The maximum Gasteiger partial charge on any atom is 0.348 e. The van der Waals surface area contributed by atoms with Gasteiger partial charge in [0, 0.05) is 18.0 Å². The number of fused-ring (bicyclic) bond motifs is 1. The van der Waals surface area contributed by atoms with Crippen LogP contribution in [0.5, 0.6) is 0 Å². The first-order chi connectivity index (χ1) is 12.3. The molecular weight excluding hydrogens is 448 g/mol. The lowest BCUT2D eigenvalue weighted by molar-refractivity contribution is -0.457. The van der Waals surface area contributed by atoms with Gasteiger partial charge in [-0.25, -0.2) is 22.0 Å². The van der Waals surface area contributed by atoms with Crippen LogP contribution in [-0.2, 0) is 19.9 Å². The fraction of sp³-hybridized carbons (Fsp3) is 0.636. The number of hydrogen-bond donors (Lipinski definition) is 10. The normalized spacial score (nSPS) is 23.5. The van der Waals surface area contributed by atoms with Gasteiger partial charge in [0.25, 0.3) is 5.97 Å². The lowest BCUT2D eigenvalue weighted by Crippen LogP contribution is -2.64. The summed E-state index contributed by atoms with van der Waals surface area (Å²) in [5, 5.41) is 78.5. The highest BCUT2D eigenvalue weighted by atomic mass is 32.3. The Morgan fingerprint density at radius 1 is 1.14 bits per heavy atom. The molecule has 0 aromatic carbocycles. The molecule has 11 N–H and O–H groups in total. The van der Waals surface area contributed by atoms with Gasteiger partial charge in [-0.2, -0.15) is 0 Å². The second kappa shape index (κ2) is 6.87. The highest BCUT2D eigenvalue weighted by Gasteiger charge is 2.52. The van der Waals surface area contributed by atoms with E-state index >= 15 is 0 Å². The predicted octanol–water partition coefficient (Wildman–Crippen LogP) is -5.14. The fourth-order valence-electron chi connectivity index (χ4n) is 2.61. The number of nitrogens with two attached hydrogens (primary N) is 1. The van der Waals surface area contributed by atoms with Gasteiger partial charge < -0.3 is 40.9 Å². The lowest BCUT2D eigenvalue weighted by Gasteiger charge is -2.37. The van der Waals surface area contributed by atoms with Gasteiger partial charge in [-0.05, 0) is 12.5 Å². The average Bonchev–Trinajstić information content (AvgIpc) is 2.87. The predicted molar refractivity (Wildman–Crippen MR) is 87.7 cm³/mol. The van der Waals surface area contributed by atoms with Crippen molar-refractivity contribution >= 4 is 31.2 Å². The van der Waals surface area contributed by atoms with Gasteiger partial charge >= 0.3 is 11.9 Å². The third kappa shape index (κ3) is 4.67. The van der Waals surface area contributed by atoms with Crippen molar-refractivity contribution < 1.29 is 57.7 Å². The maximum absolute atomic E-state index is 12.7. The van der Waals surface area contributed by atoms with Crippen molar-refractivity contribution in [1.82, 2.24) is 5.32 Å². The first kappa shape index (κ1) is 23.5. The number of thiophene rings is 1. The minimum Gasteiger partial charge on any atom is -0.347 e. The van der Waals surface area contributed by atoms with Gasteiger partial charge in [-0.15, -0.1) is 11.3 Å². The molecule has 28 heavy (non-hydrogen) atoms. The van der Waals surface area contributed by atoms with Crippen LogP contribution in [0.3, 0.4) is 0 Å². The van der Waals surface area contributed by atoms with E-state index in [2.05, 4.69) is 0 Å². The minimum atomic E-state index is -4.45. The second-order valence-corrected chi connectivity index (χ2v) is 11.5. The Kier molecular flexibility index (Phi) is 5.76. The third-order valence-electron chi connectivity index (χ3n) is 3.90. The average molecular weight is 466 g/mol. The molecule has 14 nitrogen and oxygen atoms in total. The first-order valence-electron chi connectivity index (χ1n) is 7.23. The highest BCUT2D eigenvalue weighted by Crippen LogP contribution is 2.44. The van der Waals surface area contributed by atoms with Crippen LogP contribution >= 0.6 is 11.3 Å². The highest BCUT2D eigenvalue weighted by molar-refractivity contribution is 7.95. The zero-order valence-electron chi connectivity index (χ0n) is 13.7. The molecule has 2 rings (SSSR count). The Bertz CT molecular complexity index is 954. The van der Waals surface area contributed by atoms with Crippen LogP contribution in [0.25, 0.3) is 0 Å². The Balaban J connectivity index is 2.62. The van der Waals surface area contributed by atoms with Gasteiger partial charge in [-0.1, -0.05) is 0 Å². The van der Waals surface area contributed by atoms with Crippen LogP contribution in [0.1, 0.15) is 24.4 Å². The molecule has 0 fully saturated rings. The molecule has 162 valence electrons. The Morgan fingerprint density at radius 3 is 2.11 bits per heavy atom. The molecule has 0 bridgehead atoms. The zero-order valence-corrected chi connectivity index (χ0v) is 16.1. The summed E-state index contributed by atoms with van der Waals surface area (Å²) in [5.74, 6) is -11.4. The smallest absolute Gasteiger partial charge is 0.347 e. The van der Waals surface area contributed by atoms with Crippen LogP contribution in [-0.4, -0.2) is 80.8 Å². The van der Waals surface area contributed by atoms with Crippen molar-refractivity contribution in [2.24, 2.45) is 5.14 Å². The monoisotopic (exact) mass is 466 g/mol. The number of nitrogens with one attached hydrogen (secondary N) is 1. The lowest BCUT2D eigenvalue weighted by atomic mass is 10.0. The molecule has 0 saturated heterocycles. The Labute approximate surface area is 161 Å². The molecule has 17 heteroatoms. The van der Waals surface area contributed by atoms with Crippen molar-refractivity contribution in [1.29, 1.82) is 0 Å². The molecule has 1 aromatic rings. The summed E-state index contributed by atoms with van der Waals surface area (Å²) in [6, 6.07) is -0.784. The molecule has 0 amide bonds. The molecular formula is C11H18N2O12S3. The van der Waals surface area contributed by atoms with E-state index in [9.17, 15) is 27.0 Å². The third-order valence-corrected chi connectivity index (χ3v) is 9.20. The van der Waals surface area contributed by atoms with Crippen molar-refractivity contribution in [3.05, 3.63) is 11.6 Å². The van der Waals surface area contributed by atoms with Crippen molar-refractivity contribution in [3.63, 3.8) is 0 Å². The number of hydrogen-bond acceptors (Lipinski definition) is 14. The Morgan fingerprint density at radius 2 is 1.68 bits per heavy atom. The minimum absolute atomic E-state index is 0.180. The van der Waals surface area contributed by atoms with E-state index in [1.54, 1.807) is 5.32 Å². The van der Waals surface area contributed by atoms with Gasteiger partial charge in [0.2, 0.25) is 10.0 Å². The molecule has 0 spiro atoms. The van der Waals surface area contributed by atoms with E-state index in [1.807, 2.05) is 0 Å². The fourth-order valence-corrected chi connectivity index (χ4v) is 7.33. The van der Waals surface area contributed by atoms with E-state index in [0.29, 0.717) is 0 Å². The molecule has 0 aliphatic carbocycles. The van der Waals surface area contributed by atoms with E-state index < -0.39 is 70.3 Å². The molecule has 1 aliphatic heterocycles. The van der Waals surface area contributed by atoms with Crippen LogP contribution in [0.4, 0.5) is 0 Å². The summed E-state index contributed by atoms with van der Waals surface area (Å²) in [5.41, 5.74) is -0.374. The van der Waals surface area contributed by atoms with Crippen LogP contribution in [0, 0.1) is 0 Å². The number of primary sulfonamides is 1. The summed E-state index contributed by atoms with van der Waals surface area (Å²) >= 11 is 0.180. The quantitative estimate of drug-likeness (QED) is 0.176. The van der Waals surface area contributed by atoms with Gasteiger partial charge in [-0.3, -0.25) is 5.32 Å². The summed E-state index contributed by atoms with van der Waals surface area (Å²) in [6.07, 6.45) is -1.90. The van der Waals surface area contributed by atoms with Crippen LogP contribution in [0.2, 0.25) is 0 Å². The standard InChI is InChI=1S/C11H18N2O12S3/c12-28(24,25)7-2-5-6(13-10(17,18)11(19,20)21)1-4(3-9(14,15)16)27(22,23)8(5)26-7/h2,4,6,13-21H,1,3H2,(H2,12,24,25). The maximum atomic E-state index is 12.7. The van der Waals surface area contributed by atoms with E-state index in [1.165, 1.54) is 0 Å². The summed E-state index contributed by atoms with van der Waals surface area (Å²) in [6.45, 7) is 0. The number of aliphatic hydroxyl groups is 8. The molecule has 2 unspecified atom stereocenters. The number of rotatable bonds is 6. The molecule has 2 atom stereocenters. The van der Waals surface area contributed by atoms with E-state index in [0.717, 1.165) is 6.07 Å². The molecule has 0 radical (unpaired) electrons. The topological polar surface area (TPSA) is 268 Å². The Hall–Kier alpha value is -0.800. The van der Waals surface area contributed by atoms with E-state index in [4.69, 9.17) is 35.8 Å². The van der Waals surface area contributed by atoms with E-state index in [-0.39, 0.29) is 16.9 Å². The zero-order chi connectivity index (χ0) is 21.9. The van der Waals surface area contributed by atoms with Crippen LogP contribution < -0.4 is 10.5 Å². The second-order valence-electron chi connectivity index (χ2n) is 6.24. The van der Waals surface area contributed by atoms with Gasteiger partial charge in [0.1, 0.15) is 8.42 Å². The van der Waals surface area contributed by atoms with Crippen molar-refractivity contribution in [3.8, 4) is 0 Å². The molecule has 0 saturated carbocycles. The molecule has 1 aliphatic rings. The first-order valence-corrected chi connectivity index (χ1v) is 11.1. The van der Waals surface area contributed by atoms with Gasteiger partial charge in [0.15, 0.2) is 9.84 Å². The largest absolute Gasteiger partial charge is 0.348 e. The van der Waals surface area contributed by atoms with Crippen molar-refractivity contribution in [2.45, 2.75) is 50.4 Å². The molecule has 2 heterocycles.